The van der Waals surface area contributed by atoms with E-state index in [2.05, 4.69) is 35.2 Å². The molecule has 0 aliphatic carbocycles. The molecule has 176 valence electrons. The zero-order valence-corrected chi connectivity index (χ0v) is 23.0. The minimum absolute atomic E-state index is 0.131. The van der Waals surface area contributed by atoms with Crippen molar-refractivity contribution in [3.05, 3.63) is 20.3 Å². The van der Waals surface area contributed by atoms with Gasteiger partial charge in [-0.2, -0.15) is 0 Å². The van der Waals surface area contributed by atoms with Crippen molar-refractivity contribution in [2.45, 2.75) is 117 Å². The first-order chi connectivity index (χ1) is 15.1. The molecule has 31 heavy (non-hydrogen) atoms. The lowest BCUT2D eigenvalue weighted by atomic mass is 9.88. The van der Waals surface area contributed by atoms with E-state index < -0.39 is 0 Å². The predicted octanol–water partition coefficient (Wildman–Crippen LogP) is 10.5. The van der Waals surface area contributed by atoms with E-state index in [1.807, 2.05) is 6.92 Å². The molecule has 0 saturated carbocycles. The molecule has 2 aromatic heterocycles. The summed E-state index contributed by atoms with van der Waals surface area (Å²) in [5.74, 6) is 0.337. The van der Waals surface area contributed by atoms with Crippen LogP contribution < -0.4 is 0 Å². The van der Waals surface area contributed by atoms with Crippen molar-refractivity contribution in [1.29, 1.82) is 0 Å². The van der Waals surface area contributed by atoms with Gasteiger partial charge in [0.05, 0.1) is 16.0 Å². The Balaban J connectivity index is 2.13. The number of rotatable bonds is 17. The second kappa shape index (κ2) is 15.4. The highest BCUT2D eigenvalue weighted by atomic mass is 79.9. The molecule has 0 aromatic carbocycles. The van der Waals surface area contributed by atoms with Gasteiger partial charge < -0.3 is 4.74 Å². The Morgan fingerprint density at radius 3 is 1.97 bits per heavy atom. The Hall–Kier alpha value is -0.390. The molecule has 2 nitrogen and oxygen atoms in total. The minimum Gasteiger partial charge on any atom is -0.462 e. The van der Waals surface area contributed by atoms with Gasteiger partial charge in [-0.1, -0.05) is 90.9 Å². The SMILES string of the molecule is CCCCCCCCCC(CCCCCCC)c1c(C(=O)OCC)sc2c(Br)csc12. The summed E-state index contributed by atoms with van der Waals surface area (Å²) in [5.41, 5.74) is 1.29. The fourth-order valence-corrected chi connectivity index (χ4v) is 7.66. The summed E-state index contributed by atoms with van der Waals surface area (Å²) < 4.78 is 9.10. The third kappa shape index (κ3) is 8.47. The van der Waals surface area contributed by atoms with Crippen LogP contribution in [0.1, 0.15) is 132 Å². The second-order valence-electron chi connectivity index (χ2n) is 8.62. The number of fused-ring (bicyclic) bond motifs is 1. The Bertz CT molecular complexity index is 765. The average molecular weight is 530 g/mol. The monoisotopic (exact) mass is 528 g/mol. The molecule has 2 heterocycles. The molecule has 0 aliphatic heterocycles. The van der Waals surface area contributed by atoms with Crippen LogP contribution >= 0.6 is 38.6 Å². The highest BCUT2D eigenvalue weighted by Crippen LogP contribution is 2.46. The molecule has 0 fully saturated rings. The molecular formula is C26H41BrO2S2. The average Bonchev–Trinajstić information content (AvgIpc) is 3.31. The maximum Gasteiger partial charge on any atom is 0.348 e. The molecule has 1 atom stereocenters. The molecule has 0 N–H and O–H groups in total. The molecule has 2 aromatic rings. The zero-order chi connectivity index (χ0) is 22.5. The Morgan fingerprint density at radius 1 is 0.871 bits per heavy atom. The first-order valence-corrected chi connectivity index (χ1v) is 15.0. The largest absolute Gasteiger partial charge is 0.462 e. The van der Waals surface area contributed by atoms with Crippen molar-refractivity contribution < 1.29 is 9.53 Å². The number of halogens is 1. The van der Waals surface area contributed by atoms with Crippen LogP contribution in [0, 0.1) is 0 Å². The van der Waals surface area contributed by atoms with Gasteiger partial charge in [0, 0.05) is 9.85 Å². The predicted molar refractivity (Wildman–Crippen MR) is 142 cm³/mol. The van der Waals surface area contributed by atoms with Crippen molar-refractivity contribution in [2.24, 2.45) is 0 Å². The van der Waals surface area contributed by atoms with Crippen LogP contribution in [0.2, 0.25) is 0 Å². The Kier molecular flexibility index (Phi) is 13.4. The normalized spacial score (nSPS) is 12.5. The van der Waals surface area contributed by atoms with E-state index in [-0.39, 0.29) is 5.97 Å². The third-order valence-electron chi connectivity index (χ3n) is 6.08. The maximum atomic E-state index is 12.8. The highest BCUT2D eigenvalue weighted by Gasteiger charge is 2.27. The smallest absolute Gasteiger partial charge is 0.348 e. The number of hydrogen-bond donors (Lipinski definition) is 0. The van der Waals surface area contributed by atoms with Gasteiger partial charge in [0.1, 0.15) is 4.88 Å². The van der Waals surface area contributed by atoms with Crippen LogP contribution in [0.4, 0.5) is 0 Å². The van der Waals surface area contributed by atoms with E-state index >= 15 is 0 Å². The fourth-order valence-electron chi connectivity index (χ4n) is 4.36. The van der Waals surface area contributed by atoms with E-state index in [4.69, 9.17) is 4.74 Å². The topological polar surface area (TPSA) is 26.3 Å². The first kappa shape index (κ1) is 26.9. The minimum atomic E-state index is -0.131. The van der Waals surface area contributed by atoms with Crippen LogP contribution in [0.15, 0.2) is 9.85 Å². The number of hydrogen-bond acceptors (Lipinski definition) is 4. The number of carbonyl (C=O) groups is 1. The Morgan fingerprint density at radius 2 is 1.42 bits per heavy atom. The lowest BCUT2D eigenvalue weighted by molar-refractivity contribution is 0.0530. The summed E-state index contributed by atoms with van der Waals surface area (Å²) in [5, 5.41) is 2.17. The van der Waals surface area contributed by atoms with Gasteiger partial charge in [-0.25, -0.2) is 4.79 Å². The molecule has 0 amide bonds. The maximum absolute atomic E-state index is 12.8. The molecule has 0 aliphatic rings. The number of esters is 1. The first-order valence-electron chi connectivity index (χ1n) is 12.5. The number of unbranched alkanes of at least 4 members (excludes halogenated alkanes) is 10. The number of thiophene rings is 2. The van der Waals surface area contributed by atoms with Gasteiger partial charge in [-0.3, -0.25) is 0 Å². The van der Waals surface area contributed by atoms with Crippen molar-refractivity contribution in [2.75, 3.05) is 6.61 Å². The molecule has 0 radical (unpaired) electrons. The summed E-state index contributed by atoms with van der Waals surface area (Å²) in [7, 11) is 0. The quantitative estimate of drug-likeness (QED) is 0.150. The molecular weight excluding hydrogens is 488 g/mol. The van der Waals surface area contributed by atoms with E-state index in [1.165, 1.54) is 105 Å². The summed E-state index contributed by atoms with van der Waals surface area (Å²) in [6, 6.07) is 0. The lowest BCUT2D eigenvalue weighted by Crippen LogP contribution is -2.09. The van der Waals surface area contributed by atoms with E-state index in [0.717, 1.165) is 9.35 Å². The molecule has 0 bridgehead atoms. The van der Waals surface area contributed by atoms with Gasteiger partial charge in [0.15, 0.2) is 0 Å². The van der Waals surface area contributed by atoms with Crippen LogP contribution in [0.3, 0.4) is 0 Å². The molecule has 0 spiro atoms. The standard InChI is InChI=1S/C26H41BrO2S2/c1-4-7-9-11-12-14-16-18-20(17-15-13-10-8-5-2)22-24-23(21(27)19-30-24)31-25(22)26(28)29-6-3/h19-20H,4-18H2,1-3H3. The molecule has 2 rings (SSSR count). The summed E-state index contributed by atoms with van der Waals surface area (Å²) in [4.78, 5) is 13.7. The fraction of sp³-hybridized carbons (Fsp3) is 0.731. The van der Waals surface area contributed by atoms with Gasteiger partial charge >= 0.3 is 5.97 Å². The summed E-state index contributed by atoms with van der Waals surface area (Å²) in [6.45, 7) is 6.88. The number of ether oxygens (including phenoxy) is 1. The van der Waals surface area contributed by atoms with Gasteiger partial charge in [0.25, 0.3) is 0 Å². The van der Waals surface area contributed by atoms with Crippen LogP contribution in [0.5, 0.6) is 0 Å². The molecule has 0 saturated heterocycles. The van der Waals surface area contributed by atoms with Crippen molar-refractivity contribution in [1.82, 2.24) is 0 Å². The van der Waals surface area contributed by atoms with Gasteiger partial charge in [-0.15, -0.1) is 22.7 Å². The summed E-state index contributed by atoms with van der Waals surface area (Å²) in [6.07, 6.45) is 18.2. The van der Waals surface area contributed by atoms with Crippen LogP contribution in [-0.4, -0.2) is 12.6 Å². The van der Waals surface area contributed by atoms with Crippen molar-refractivity contribution in [3.63, 3.8) is 0 Å². The second-order valence-corrected chi connectivity index (χ2v) is 11.4. The van der Waals surface area contributed by atoms with E-state index in [0.29, 0.717) is 12.5 Å². The van der Waals surface area contributed by atoms with Crippen LogP contribution in [0.25, 0.3) is 9.40 Å². The van der Waals surface area contributed by atoms with E-state index in [1.54, 1.807) is 22.7 Å². The summed E-state index contributed by atoms with van der Waals surface area (Å²) >= 11 is 7.10. The lowest BCUT2D eigenvalue weighted by Gasteiger charge is -2.18. The Labute approximate surface area is 206 Å². The third-order valence-corrected chi connectivity index (χ3v) is 9.63. The van der Waals surface area contributed by atoms with Crippen molar-refractivity contribution in [3.8, 4) is 0 Å². The van der Waals surface area contributed by atoms with Gasteiger partial charge in [0.2, 0.25) is 0 Å². The van der Waals surface area contributed by atoms with Crippen LogP contribution in [-0.2, 0) is 4.74 Å². The molecule has 5 heteroatoms. The zero-order valence-electron chi connectivity index (χ0n) is 19.8. The van der Waals surface area contributed by atoms with E-state index in [9.17, 15) is 4.79 Å². The van der Waals surface area contributed by atoms with Crippen molar-refractivity contribution >= 4 is 54.0 Å². The highest BCUT2D eigenvalue weighted by molar-refractivity contribution is 9.10. The number of carbonyl (C=O) groups excluding carboxylic acids is 1. The molecule has 1 unspecified atom stereocenters. The van der Waals surface area contributed by atoms with Gasteiger partial charge in [-0.05, 0) is 47.2 Å².